The molecule has 0 aliphatic rings. The van der Waals surface area contributed by atoms with Gasteiger partial charge in [-0.25, -0.2) is 19.2 Å². The molecule has 32 heavy (non-hydrogen) atoms. The number of anilines is 2. The molecule has 2 aromatic heterocycles. The fraction of sp³-hybridized carbons (Fsp3) is 0.174. The molecule has 0 aliphatic heterocycles. The monoisotopic (exact) mass is 487 g/mol. The summed E-state index contributed by atoms with van der Waals surface area (Å²) in [4.78, 5) is 24.1. The quantitative estimate of drug-likeness (QED) is 0.223. The molecule has 0 saturated carbocycles. The van der Waals surface area contributed by atoms with E-state index in [1.54, 1.807) is 24.8 Å². The van der Waals surface area contributed by atoms with Crippen molar-refractivity contribution in [3.63, 3.8) is 0 Å². The van der Waals surface area contributed by atoms with E-state index in [0.717, 1.165) is 15.8 Å². The van der Waals surface area contributed by atoms with Crippen molar-refractivity contribution in [3.8, 4) is 0 Å². The van der Waals surface area contributed by atoms with Crippen molar-refractivity contribution in [1.29, 1.82) is 0 Å². The third kappa shape index (κ3) is 4.87. The minimum absolute atomic E-state index is 0.00871. The molecule has 5 nitrogen and oxygen atoms in total. The minimum Gasteiger partial charge on any atom is -0.462 e. The van der Waals surface area contributed by atoms with Gasteiger partial charge in [-0.15, -0.1) is 23.1 Å². The molecule has 4 rings (SSSR count). The maximum Gasteiger partial charge on any atom is 0.348 e. The van der Waals surface area contributed by atoms with Crippen molar-refractivity contribution in [2.45, 2.75) is 24.5 Å². The summed E-state index contributed by atoms with van der Waals surface area (Å²) < 4.78 is 18.8. The fourth-order valence-electron chi connectivity index (χ4n) is 3.10. The summed E-state index contributed by atoms with van der Waals surface area (Å²) in [5, 5.41) is 3.96. The predicted octanol–water partition coefficient (Wildman–Crippen LogP) is 7.00. The Balaban J connectivity index is 1.76. The van der Waals surface area contributed by atoms with Crippen molar-refractivity contribution in [3.05, 3.63) is 75.6 Å². The highest BCUT2D eigenvalue weighted by molar-refractivity contribution is 7.98. The van der Waals surface area contributed by atoms with Gasteiger partial charge in [0.1, 0.15) is 27.2 Å². The first-order valence-electron chi connectivity index (χ1n) is 9.83. The molecule has 2 heterocycles. The molecule has 0 atom stereocenters. The highest BCUT2D eigenvalue weighted by atomic mass is 35.5. The number of esters is 1. The first-order chi connectivity index (χ1) is 15.5. The van der Waals surface area contributed by atoms with Crippen LogP contribution in [-0.2, 0) is 10.5 Å². The van der Waals surface area contributed by atoms with Gasteiger partial charge in [-0.2, -0.15) is 0 Å². The lowest BCUT2D eigenvalue weighted by atomic mass is 10.2. The van der Waals surface area contributed by atoms with Crippen LogP contribution in [0, 0.1) is 12.7 Å². The number of halogens is 2. The fourth-order valence-corrected chi connectivity index (χ4v) is 5.15. The Morgan fingerprint density at radius 1 is 1.22 bits per heavy atom. The van der Waals surface area contributed by atoms with E-state index in [0.29, 0.717) is 32.8 Å². The Bertz CT molecular complexity index is 1280. The number of fused-ring (bicyclic) bond motifs is 1. The molecule has 0 aliphatic carbocycles. The maximum absolute atomic E-state index is 13.6. The third-order valence-electron chi connectivity index (χ3n) is 4.59. The summed E-state index contributed by atoms with van der Waals surface area (Å²) in [6.07, 6.45) is 0. The average Bonchev–Trinajstić information content (AvgIpc) is 3.12. The van der Waals surface area contributed by atoms with Crippen LogP contribution in [0.3, 0.4) is 0 Å². The maximum atomic E-state index is 13.6. The molecule has 2 aromatic carbocycles. The van der Waals surface area contributed by atoms with Gasteiger partial charge < -0.3 is 10.1 Å². The number of nitrogens with one attached hydrogen (secondary N) is 1. The smallest absolute Gasteiger partial charge is 0.348 e. The molecule has 164 valence electrons. The van der Waals surface area contributed by atoms with Crippen LogP contribution in [0.2, 0.25) is 5.02 Å². The van der Waals surface area contributed by atoms with Crippen molar-refractivity contribution < 1.29 is 13.9 Å². The number of aryl methyl sites for hydroxylation is 1. The zero-order chi connectivity index (χ0) is 22.7. The lowest BCUT2D eigenvalue weighted by Crippen LogP contribution is -2.04. The van der Waals surface area contributed by atoms with Crippen molar-refractivity contribution >= 4 is 62.4 Å². The van der Waals surface area contributed by atoms with Gasteiger partial charge in [-0.05, 0) is 49.7 Å². The van der Waals surface area contributed by atoms with Gasteiger partial charge in [0.15, 0.2) is 0 Å². The highest BCUT2D eigenvalue weighted by Gasteiger charge is 2.22. The molecule has 4 aromatic rings. The second-order valence-electron chi connectivity index (χ2n) is 6.80. The van der Waals surface area contributed by atoms with Crippen molar-refractivity contribution in [1.82, 2.24) is 9.97 Å². The van der Waals surface area contributed by atoms with Gasteiger partial charge >= 0.3 is 5.97 Å². The van der Waals surface area contributed by atoms with Crippen LogP contribution >= 0.6 is 34.7 Å². The predicted molar refractivity (Wildman–Crippen MR) is 129 cm³/mol. The van der Waals surface area contributed by atoms with E-state index in [-0.39, 0.29) is 17.6 Å². The number of hydrogen-bond donors (Lipinski definition) is 1. The number of carbonyl (C=O) groups is 1. The molecular weight excluding hydrogens is 469 g/mol. The highest BCUT2D eigenvalue weighted by Crippen LogP contribution is 2.36. The zero-order valence-corrected chi connectivity index (χ0v) is 19.7. The second-order valence-corrected chi connectivity index (χ2v) is 9.26. The van der Waals surface area contributed by atoms with Crippen LogP contribution in [0.4, 0.5) is 15.9 Å². The van der Waals surface area contributed by atoms with Crippen LogP contribution in [0.1, 0.15) is 28.0 Å². The van der Waals surface area contributed by atoms with Crippen molar-refractivity contribution in [2.24, 2.45) is 0 Å². The molecule has 0 radical (unpaired) electrons. The summed E-state index contributed by atoms with van der Waals surface area (Å²) in [5.74, 6) is 0.805. The van der Waals surface area contributed by atoms with E-state index in [1.165, 1.54) is 23.5 Å². The molecule has 0 bridgehead atoms. The molecule has 9 heteroatoms. The number of thiophene rings is 1. The third-order valence-corrected chi connectivity index (χ3v) is 7.05. The molecule has 0 saturated heterocycles. The van der Waals surface area contributed by atoms with Crippen molar-refractivity contribution in [2.75, 3.05) is 11.9 Å². The number of thioether (sulfide) groups is 1. The topological polar surface area (TPSA) is 64.1 Å². The Kier molecular flexibility index (Phi) is 6.93. The Labute approximate surface area is 198 Å². The van der Waals surface area contributed by atoms with Crippen LogP contribution in [0.15, 0.2) is 53.4 Å². The van der Waals surface area contributed by atoms with E-state index in [1.807, 2.05) is 37.3 Å². The largest absolute Gasteiger partial charge is 0.462 e. The number of carbonyl (C=O) groups excluding carboxylic acids is 1. The molecular formula is C23H19ClFN3O2S2. The Hall–Kier alpha value is -2.68. The number of rotatable bonds is 7. The van der Waals surface area contributed by atoms with E-state index in [9.17, 15) is 9.18 Å². The summed E-state index contributed by atoms with van der Waals surface area (Å²) in [7, 11) is 0. The summed E-state index contributed by atoms with van der Waals surface area (Å²) in [6.45, 7) is 3.90. The van der Waals surface area contributed by atoms with Gasteiger partial charge in [0, 0.05) is 10.6 Å². The van der Waals surface area contributed by atoms with E-state index >= 15 is 0 Å². The minimum atomic E-state index is -0.499. The number of hydrogen-bond acceptors (Lipinski definition) is 7. The average molecular weight is 488 g/mol. The van der Waals surface area contributed by atoms with Crippen LogP contribution < -0.4 is 5.32 Å². The van der Waals surface area contributed by atoms with Crippen LogP contribution in [0.25, 0.3) is 10.2 Å². The lowest BCUT2D eigenvalue weighted by Gasteiger charge is -2.10. The Morgan fingerprint density at radius 3 is 2.72 bits per heavy atom. The van der Waals surface area contributed by atoms with Gasteiger partial charge in [-0.1, -0.05) is 29.8 Å². The summed E-state index contributed by atoms with van der Waals surface area (Å²) in [5.41, 5.74) is 1.32. The molecule has 0 unspecified atom stereocenters. The first kappa shape index (κ1) is 22.5. The zero-order valence-electron chi connectivity index (χ0n) is 17.3. The number of ether oxygens (including phenoxy) is 1. The van der Waals surface area contributed by atoms with Gasteiger partial charge in [-0.3, -0.25) is 0 Å². The number of nitrogens with zero attached hydrogens (tertiary/aromatic N) is 2. The Morgan fingerprint density at radius 2 is 2.00 bits per heavy atom. The lowest BCUT2D eigenvalue weighted by molar-refractivity contribution is 0.0531. The molecule has 0 spiro atoms. The summed E-state index contributed by atoms with van der Waals surface area (Å²) >= 11 is 8.84. The van der Waals surface area contributed by atoms with Gasteiger partial charge in [0.25, 0.3) is 0 Å². The molecule has 1 N–H and O–H groups in total. The van der Waals surface area contributed by atoms with Gasteiger partial charge in [0.05, 0.1) is 22.8 Å². The van der Waals surface area contributed by atoms with E-state index in [2.05, 4.69) is 5.32 Å². The van der Waals surface area contributed by atoms with Crippen LogP contribution in [-0.4, -0.2) is 22.5 Å². The second kappa shape index (κ2) is 9.85. The SMILES string of the molecule is CCOC(=O)c1sc2nc(CSc3ccccc3)nc(Nc3ccc(F)c(Cl)c3)c2c1C. The van der Waals surface area contributed by atoms with E-state index < -0.39 is 5.82 Å². The molecule has 0 fully saturated rings. The molecule has 0 amide bonds. The normalized spacial score (nSPS) is 11.0. The van der Waals surface area contributed by atoms with Gasteiger partial charge in [0.2, 0.25) is 0 Å². The number of benzene rings is 2. The first-order valence-corrected chi connectivity index (χ1v) is 12.0. The summed E-state index contributed by atoms with van der Waals surface area (Å²) in [6, 6.07) is 14.3. The van der Waals surface area contributed by atoms with Crippen LogP contribution in [0.5, 0.6) is 0 Å². The number of aromatic nitrogens is 2. The van der Waals surface area contributed by atoms with E-state index in [4.69, 9.17) is 26.3 Å². The standard InChI is InChI=1S/C23H19ClFN3O2S2/c1-3-30-23(29)20-13(2)19-21(26-14-9-10-17(25)16(24)11-14)27-18(28-22(19)32-20)12-31-15-7-5-4-6-8-15/h4-11H,3,12H2,1-2H3,(H,26,27,28).